The van der Waals surface area contributed by atoms with Crippen LogP contribution in [0.4, 0.5) is 5.69 Å². The summed E-state index contributed by atoms with van der Waals surface area (Å²) in [5.41, 5.74) is 3.00. The summed E-state index contributed by atoms with van der Waals surface area (Å²) in [4.78, 5) is 34.0. The van der Waals surface area contributed by atoms with Gasteiger partial charge in [0.15, 0.2) is 4.80 Å². The molecule has 1 aliphatic rings. The van der Waals surface area contributed by atoms with Crippen LogP contribution in [0.2, 0.25) is 10.0 Å². The lowest BCUT2D eigenvalue weighted by Crippen LogP contribution is -2.39. The molecule has 4 aromatic rings. The van der Waals surface area contributed by atoms with Crippen LogP contribution in [0, 0.1) is 0 Å². The smallest absolute Gasteiger partial charge is 0.338 e. The minimum Gasteiger partial charge on any atom is -0.463 e. The zero-order chi connectivity index (χ0) is 27.8. The first-order valence-electron chi connectivity index (χ1n) is 12.2. The number of hydrogen-bond donors (Lipinski definition) is 0. The zero-order valence-electron chi connectivity index (χ0n) is 21.7. The van der Waals surface area contributed by atoms with E-state index >= 15 is 0 Å². The van der Waals surface area contributed by atoms with Crippen LogP contribution in [0.1, 0.15) is 31.2 Å². The fourth-order valence-electron chi connectivity index (χ4n) is 4.45. The molecule has 10 heteroatoms. The molecule has 0 fully saturated rings. The molecule has 0 aliphatic carbocycles. The number of carbonyl (C=O) groups is 1. The van der Waals surface area contributed by atoms with E-state index in [1.54, 1.807) is 54.8 Å². The molecular weight excluding hydrogens is 557 g/mol. The number of nitrogens with zero attached hydrogens (tertiary/aromatic N) is 3. The van der Waals surface area contributed by atoms with Crippen molar-refractivity contribution in [2.75, 3.05) is 25.6 Å². The molecule has 5 rings (SSSR count). The standard InChI is InChI=1S/C29H25Cl2N3O4S/c1-5-37-28(36)25-16(2)32-29-34(26(25)17-6-9-19(10-7-17)33(3)4)27(35)24(39-29)15-20-11-13-23(38-20)21-14-18(30)8-12-22(21)31/h6-15,26H,5H2,1-4H3/b24-15+/t26-/m1/s1. The van der Waals surface area contributed by atoms with Gasteiger partial charge in [0.2, 0.25) is 0 Å². The Morgan fingerprint density at radius 2 is 1.90 bits per heavy atom. The van der Waals surface area contributed by atoms with Gasteiger partial charge in [-0.3, -0.25) is 9.36 Å². The Balaban J connectivity index is 1.63. The average molecular weight is 583 g/mol. The predicted octanol–water partition coefficient (Wildman–Crippen LogP) is 5.43. The number of fused-ring (bicyclic) bond motifs is 1. The third-order valence-electron chi connectivity index (χ3n) is 6.34. The summed E-state index contributed by atoms with van der Waals surface area (Å²) in [6, 6.07) is 15.7. The van der Waals surface area contributed by atoms with E-state index in [0.29, 0.717) is 47.7 Å². The molecule has 0 bridgehead atoms. The number of esters is 1. The largest absolute Gasteiger partial charge is 0.463 e. The number of allylic oxidation sites excluding steroid dienone is 1. The number of hydrogen-bond acceptors (Lipinski definition) is 7. The van der Waals surface area contributed by atoms with Crippen LogP contribution in [-0.2, 0) is 9.53 Å². The van der Waals surface area contributed by atoms with Gasteiger partial charge in [0, 0.05) is 36.4 Å². The van der Waals surface area contributed by atoms with Crippen LogP contribution in [-0.4, -0.2) is 31.2 Å². The fraction of sp³-hybridized carbons (Fsp3) is 0.207. The number of benzene rings is 2. The number of thiazole rings is 1. The molecule has 1 aliphatic heterocycles. The Morgan fingerprint density at radius 1 is 1.15 bits per heavy atom. The Labute approximate surface area is 238 Å². The minimum absolute atomic E-state index is 0.212. The van der Waals surface area contributed by atoms with Crippen LogP contribution in [0.25, 0.3) is 17.4 Å². The first-order valence-corrected chi connectivity index (χ1v) is 13.8. The van der Waals surface area contributed by atoms with Crippen LogP contribution < -0.4 is 19.8 Å². The first kappa shape index (κ1) is 27.0. The second-order valence-corrected chi connectivity index (χ2v) is 11.0. The first-order chi connectivity index (χ1) is 18.7. The van der Waals surface area contributed by atoms with Gasteiger partial charge in [0.05, 0.1) is 33.5 Å². The van der Waals surface area contributed by atoms with Crippen molar-refractivity contribution in [3.05, 3.63) is 107 Å². The van der Waals surface area contributed by atoms with Gasteiger partial charge in [0.1, 0.15) is 11.5 Å². The van der Waals surface area contributed by atoms with Crippen LogP contribution in [0.15, 0.2) is 80.1 Å². The van der Waals surface area contributed by atoms with E-state index in [9.17, 15) is 9.59 Å². The van der Waals surface area contributed by atoms with Crippen molar-refractivity contribution in [3.63, 3.8) is 0 Å². The molecule has 0 saturated carbocycles. The summed E-state index contributed by atoms with van der Waals surface area (Å²) in [5, 5.41) is 1.04. The summed E-state index contributed by atoms with van der Waals surface area (Å²) in [7, 11) is 3.90. The molecule has 0 amide bonds. The molecule has 0 radical (unpaired) electrons. The molecule has 0 N–H and O–H groups in total. The number of anilines is 1. The second kappa shape index (κ2) is 10.9. The van der Waals surface area contributed by atoms with E-state index in [1.807, 2.05) is 43.3 Å². The van der Waals surface area contributed by atoms with Gasteiger partial charge >= 0.3 is 5.97 Å². The number of halogens is 2. The number of carbonyl (C=O) groups excluding carboxylic acids is 1. The van der Waals surface area contributed by atoms with E-state index in [4.69, 9.17) is 32.4 Å². The van der Waals surface area contributed by atoms with Crippen molar-refractivity contribution >= 4 is 52.3 Å². The molecule has 7 nitrogen and oxygen atoms in total. The number of ether oxygens (including phenoxy) is 1. The molecule has 39 heavy (non-hydrogen) atoms. The lowest BCUT2D eigenvalue weighted by atomic mass is 9.95. The fourth-order valence-corrected chi connectivity index (χ4v) is 5.86. The van der Waals surface area contributed by atoms with E-state index in [1.165, 1.54) is 11.3 Å². The van der Waals surface area contributed by atoms with Crippen molar-refractivity contribution < 1.29 is 13.9 Å². The number of furan rings is 1. The zero-order valence-corrected chi connectivity index (χ0v) is 24.0. The van der Waals surface area contributed by atoms with Gasteiger partial charge in [-0.2, -0.15) is 0 Å². The average Bonchev–Trinajstić information content (AvgIpc) is 3.49. The van der Waals surface area contributed by atoms with Crippen molar-refractivity contribution in [3.8, 4) is 11.3 Å². The Morgan fingerprint density at radius 3 is 2.59 bits per heavy atom. The summed E-state index contributed by atoms with van der Waals surface area (Å²) in [5.74, 6) is 0.504. The molecule has 0 unspecified atom stereocenters. The van der Waals surface area contributed by atoms with Crippen molar-refractivity contribution in [1.29, 1.82) is 0 Å². The quantitative estimate of drug-likeness (QED) is 0.284. The van der Waals surface area contributed by atoms with Gasteiger partial charge in [-0.1, -0.05) is 46.7 Å². The van der Waals surface area contributed by atoms with Crippen molar-refractivity contribution in [2.45, 2.75) is 19.9 Å². The summed E-state index contributed by atoms with van der Waals surface area (Å²) >= 11 is 13.7. The Kier molecular flexibility index (Phi) is 7.53. The van der Waals surface area contributed by atoms with Crippen molar-refractivity contribution in [1.82, 2.24) is 4.57 Å². The topological polar surface area (TPSA) is 77.0 Å². The van der Waals surface area contributed by atoms with Crippen molar-refractivity contribution in [2.24, 2.45) is 4.99 Å². The molecule has 3 heterocycles. The van der Waals surface area contributed by atoms with E-state index in [0.717, 1.165) is 11.3 Å². The third kappa shape index (κ3) is 5.20. The van der Waals surface area contributed by atoms with E-state index in [-0.39, 0.29) is 12.2 Å². The molecule has 0 saturated heterocycles. The van der Waals surface area contributed by atoms with Gasteiger partial charge in [-0.25, -0.2) is 9.79 Å². The third-order valence-corrected chi connectivity index (χ3v) is 7.88. The molecule has 0 spiro atoms. The summed E-state index contributed by atoms with van der Waals surface area (Å²) < 4.78 is 13.3. The molecule has 2 aromatic carbocycles. The highest BCUT2D eigenvalue weighted by Gasteiger charge is 2.33. The lowest BCUT2D eigenvalue weighted by Gasteiger charge is -2.25. The highest BCUT2D eigenvalue weighted by molar-refractivity contribution is 7.07. The number of aromatic nitrogens is 1. The van der Waals surface area contributed by atoms with Gasteiger partial charge in [0.25, 0.3) is 5.56 Å². The summed E-state index contributed by atoms with van der Waals surface area (Å²) in [6.07, 6.45) is 1.67. The molecular formula is C29H25Cl2N3O4S. The minimum atomic E-state index is -0.684. The number of rotatable bonds is 6. The SMILES string of the molecule is CCOC(=O)C1=C(C)N=c2s/c(=C/c3ccc(-c4cc(Cl)ccc4Cl)o3)c(=O)n2[C@@H]1c1ccc(N(C)C)cc1. The Bertz CT molecular complexity index is 1780. The monoisotopic (exact) mass is 581 g/mol. The van der Waals surface area contributed by atoms with E-state index in [2.05, 4.69) is 4.99 Å². The second-order valence-electron chi connectivity index (χ2n) is 9.11. The predicted molar refractivity (Wildman–Crippen MR) is 155 cm³/mol. The van der Waals surface area contributed by atoms with Crippen LogP contribution in [0.3, 0.4) is 0 Å². The maximum Gasteiger partial charge on any atom is 0.338 e. The highest BCUT2D eigenvalue weighted by atomic mass is 35.5. The highest BCUT2D eigenvalue weighted by Crippen LogP contribution is 2.33. The van der Waals surface area contributed by atoms with E-state index < -0.39 is 12.0 Å². The normalized spacial score (nSPS) is 15.2. The molecule has 1 atom stereocenters. The molecule has 2 aromatic heterocycles. The Hall–Kier alpha value is -3.59. The van der Waals surface area contributed by atoms with Crippen LogP contribution in [0.5, 0.6) is 0 Å². The van der Waals surface area contributed by atoms with Gasteiger partial charge in [-0.15, -0.1) is 0 Å². The van der Waals surface area contributed by atoms with Gasteiger partial charge < -0.3 is 14.1 Å². The lowest BCUT2D eigenvalue weighted by molar-refractivity contribution is -0.139. The summed E-state index contributed by atoms with van der Waals surface area (Å²) in [6.45, 7) is 3.72. The maximum atomic E-state index is 13.8. The van der Waals surface area contributed by atoms with Gasteiger partial charge in [-0.05, 0) is 61.9 Å². The van der Waals surface area contributed by atoms with Crippen LogP contribution >= 0.6 is 34.5 Å². The maximum absolute atomic E-state index is 13.8. The molecule has 200 valence electrons.